The Kier molecular flexibility index (Phi) is 7.12. The van der Waals surface area contributed by atoms with Gasteiger partial charge in [-0.1, -0.05) is 12.1 Å². The topological polar surface area (TPSA) is 119 Å². The Balaban J connectivity index is 1.24. The van der Waals surface area contributed by atoms with Gasteiger partial charge in [-0.3, -0.25) is 4.79 Å². The van der Waals surface area contributed by atoms with E-state index in [1.54, 1.807) is 6.08 Å². The first-order valence-corrected chi connectivity index (χ1v) is 14.0. The van der Waals surface area contributed by atoms with Gasteiger partial charge in [-0.2, -0.15) is 4.98 Å². The molecule has 3 aliphatic rings. The number of aryl methyl sites for hydroxylation is 1. The van der Waals surface area contributed by atoms with Gasteiger partial charge in [-0.15, -0.1) is 6.58 Å². The number of carbonyl (C=O) groups is 1. The van der Waals surface area contributed by atoms with Crippen LogP contribution in [-0.4, -0.2) is 70.6 Å². The second-order valence-corrected chi connectivity index (χ2v) is 10.9. The smallest absolute Gasteiger partial charge is 0.256 e. The second kappa shape index (κ2) is 10.9. The molecular weight excluding hydrogens is 504 g/mol. The van der Waals surface area contributed by atoms with Crippen molar-refractivity contribution in [3.8, 4) is 0 Å². The number of hydrogen-bond acceptors (Lipinski definition) is 9. The number of amides is 1. The minimum absolute atomic E-state index is 0.272. The molecule has 10 nitrogen and oxygen atoms in total. The van der Waals surface area contributed by atoms with Gasteiger partial charge in [0.1, 0.15) is 22.8 Å². The molecule has 0 radical (unpaired) electrons. The fourth-order valence-electron chi connectivity index (χ4n) is 5.57. The minimum Gasteiger partial charge on any atom is -0.383 e. The molecule has 0 unspecified atom stereocenters. The first kappa shape index (κ1) is 26.2. The molecule has 40 heavy (non-hydrogen) atoms. The molecule has 2 fully saturated rings. The average molecular weight is 541 g/mol. The maximum Gasteiger partial charge on any atom is 0.256 e. The van der Waals surface area contributed by atoms with Gasteiger partial charge in [0.15, 0.2) is 0 Å². The number of hydrogen-bond donors (Lipinski definition) is 4. The Morgan fingerprint density at radius 3 is 2.60 bits per heavy atom. The summed E-state index contributed by atoms with van der Waals surface area (Å²) in [7, 11) is 2.15. The Bertz CT molecular complexity index is 1400. The summed E-state index contributed by atoms with van der Waals surface area (Å²) < 4.78 is 0. The molecule has 3 aromatic rings. The Morgan fingerprint density at radius 2 is 1.88 bits per heavy atom. The molecular formula is C30H36N8O2. The Morgan fingerprint density at radius 1 is 1.10 bits per heavy atom. The van der Waals surface area contributed by atoms with Gasteiger partial charge >= 0.3 is 0 Å². The van der Waals surface area contributed by atoms with Crippen molar-refractivity contribution in [2.75, 3.05) is 55.3 Å². The number of rotatable bonds is 9. The van der Waals surface area contributed by atoms with Gasteiger partial charge in [0, 0.05) is 50.3 Å². The third-order valence-electron chi connectivity index (χ3n) is 8.10. The molecule has 1 amide bonds. The first-order chi connectivity index (χ1) is 19.4. The van der Waals surface area contributed by atoms with E-state index in [4.69, 9.17) is 4.98 Å². The lowest BCUT2D eigenvalue weighted by Crippen LogP contribution is -2.44. The number of fused-ring (bicyclic) bond motifs is 1. The van der Waals surface area contributed by atoms with Gasteiger partial charge in [-0.05, 0) is 74.5 Å². The number of aromatic nitrogens is 3. The van der Waals surface area contributed by atoms with E-state index in [9.17, 15) is 9.90 Å². The molecule has 4 N–H and O–H groups in total. The molecule has 2 aromatic heterocycles. The third-order valence-corrected chi connectivity index (χ3v) is 8.10. The molecule has 0 bridgehead atoms. The van der Waals surface area contributed by atoms with E-state index in [2.05, 4.69) is 61.5 Å². The zero-order valence-electron chi connectivity index (χ0n) is 22.9. The first-order valence-electron chi connectivity index (χ1n) is 14.0. The van der Waals surface area contributed by atoms with Gasteiger partial charge in [-0.25, -0.2) is 9.97 Å². The molecule has 1 aliphatic heterocycles. The fourth-order valence-corrected chi connectivity index (χ4v) is 5.57. The van der Waals surface area contributed by atoms with E-state index < -0.39 is 5.60 Å². The van der Waals surface area contributed by atoms with Crippen molar-refractivity contribution in [2.45, 2.75) is 31.3 Å². The van der Waals surface area contributed by atoms with Crippen molar-refractivity contribution in [1.29, 1.82) is 0 Å². The molecule has 10 heteroatoms. The highest BCUT2D eigenvalue weighted by Crippen LogP contribution is 2.52. The van der Waals surface area contributed by atoms with E-state index in [0.717, 1.165) is 62.4 Å². The molecule has 6 rings (SSSR count). The molecule has 3 heterocycles. The Hall–Kier alpha value is -4.02. The van der Waals surface area contributed by atoms with Crippen LogP contribution in [0.1, 0.15) is 40.9 Å². The van der Waals surface area contributed by atoms with E-state index >= 15 is 0 Å². The number of likely N-dealkylation sites (N-methyl/N-ethyl adjacent to an activating group) is 1. The van der Waals surface area contributed by atoms with Crippen LogP contribution < -0.4 is 20.9 Å². The number of pyridine rings is 1. The van der Waals surface area contributed by atoms with Crippen LogP contribution in [0.4, 0.5) is 29.0 Å². The predicted molar refractivity (Wildman–Crippen MR) is 156 cm³/mol. The normalized spacial score (nSPS) is 20.6. The van der Waals surface area contributed by atoms with Crippen molar-refractivity contribution >= 4 is 34.9 Å². The standard InChI is InChI=1S/C30H36N8O2/c1-3-14-31-28(39)24-19-32-29(33-22-7-9-23(10-8-22)38-17-15-37(2)16-18-38)36-27(24)35-25-11-4-20-12-13-30(40,21-5-6-21)26(20)34-25/h3-4,7-11,19,21,40H,1,5-6,12-18H2,2H3,(H,31,39)(H2,32,33,34,35,36)/t30-/m1/s1. The zero-order chi connectivity index (χ0) is 27.7. The van der Waals surface area contributed by atoms with Crippen LogP contribution in [0.15, 0.2) is 55.3 Å². The third kappa shape index (κ3) is 5.37. The number of anilines is 5. The van der Waals surface area contributed by atoms with Crippen LogP contribution in [0, 0.1) is 5.92 Å². The van der Waals surface area contributed by atoms with Crippen LogP contribution in [0.5, 0.6) is 0 Å². The molecule has 1 atom stereocenters. The highest BCUT2D eigenvalue weighted by molar-refractivity contribution is 5.99. The maximum atomic E-state index is 12.9. The highest BCUT2D eigenvalue weighted by Gasteiger charge is 2.49. The van der Waals surface area contributed by atoms with E-state index in [0.29, 0.717) is 30.5 Å². The van der Waals surface area contributed by atoms with Crippen molar-refractivity contribution < 1.29 is 9.90 Å². The summed E-state index contributed by atoms with van der Waals surface area (Å²) in [5.74, 6) is 1.16. The SMILES string of the molecule is C=CCNC(=O)c1cnc(Nc2ccc(N3CCN(C)CC3)cc2)nc1Nc1ccc2c(n1)[C@](O)(C1CC1)CC2. The number of nitrogens with one attached hydrogen (secondary N) is 3. The molecule has 1 aromatic carbocycles. The summed E-state index contributed by atoms with van der Waals surface area (Å²) in [6.07, 6.45) is 6.70. The largest absolute Gasteiger partial charge is 0.383 e. The fraction of sp³-hybridized carbons (Fsp3) is 0.400. The number of nitrogens with zero attached hydrogens (tertiary/aromatic N) is 5. The summed E-state index contributed by atoms with van der Waals surface area (Å²) in [4.78, 5) is 31.5. The average Bonchev–Trinajstić information content (AvgIpc) is 3.78. The number of piperazine rings is 1. The lowest BCUT2D eigenvalue weighted by atomic mass is 9.95. The van der Waals surface area contributed by atoms with Crippen LogP contribution in [0.2, 0.25) is 0 Å². The van der Waals surface area contributed by atoms with Crippen LogP contribution in [0.25, 0.3) is 0 Å². The van der Waals surface area contributed by atoms with Crippen LogP contribution >= 0.6 is 0 Å². The van der Waals surface area contributed by atoms with Crippen molar-refractivity contribution in [2.24, 2.45) is 5.92 Å². The highest BCUT2D eigenvalue weighted by atomic mass is 16.3. The molecule has 1 saturated heterocycles. The van der Waals surface area contributed by atoms with Crippen LogP contribution in [-0.2, 0) is 12.0 Å². The van der Waals surface area contributed by atoms with Gasteiger partial charge in [0.25, 0.3) is 5.91 Å². The summed E-state index contributed by atoms with van der Waals surface area (Å²) >= 11 is 0. The van der Waals surface area contributed by atoms with Crippen molar-refractivity contribution in [1.82, 2.24) is 25.2 Å². The summed E-state index contributed by atoms with van der Waals surface area (Å²) in [5, 5.41) is 20.6. The Labute approximate surface area is 234 Å². The molecule has 2 aliphatic carbocycles. The number of aliphatic hydroxyl groups is 1. The minimum atomic E-state index is -0.869. The molecule has 0 spiro atoms. The number of benzene rings is 1. The maximum absolute atomic E-state index is 12.9. The van der Waals surface area contributed by atoms with E-state index in [1.165, 1.54) is 11.9 Å². The molecule has 208 valence electrons. The summed E-state index contributed by atoms with van der Waals surface area (Å²) in [5.41, 5.74) is 3.27. The van der Waals surface area contributed by atoms with Crippen LogP contribution in [0.3, 0.4) is 0 Å². The molecule has 1 saturated carbocycles. The number of carbonyl (C=O) groups excluding carboxylic acids is 1. The lowest BCUT2D eigenvalue weighted by molar-refractivity contribution is 0.0112. The van der Waals surface area contributed by atoms with Gasteiger partial charge in [0.2, 0.25) is 5.95 Å². The monoisotopic (exact) mass is 540 g/mol. The summed E-state index contributed by atoms with van der Waals surface area (Å²) in [6, 6.07) is 12.1. The van der Waals surface area contributed by atoms with E-state index in [1.807, 2.05) is 24.3 Å². The predicted octanol–water partition coefficient (Wildman–Crippen LogP) is 3.57. The van der Waals surface area contributed by atoms with E-state index in [-0.39, 0.29) is 17.4 Å². The van der Waals surface area contributed by atoms with Crippen molar-refractivity contribution in [3.05, 3.63) is 72.1 Å². The summed E-state index contributed by atoms with van der Waals surface area (Å²) in [6.45, 7) is 8.11. The lowest BCUT2D eigenvalue weighted by Gasteiger charge is -2.34. The second-order valence-electron chi connectivity index (χ2n) is 10.9. The quantitative estimate of drug-likeness (QED) is 0.302. The van der Waals surface area contributed by atoms with Gasteiger partial charge in [0.05, 0.1) is 5.69 Å². The van der Waals surface area contributed by atoms with Gasteiger partial charge < -0.3 is 30.9 Å². The van der Waals surface area contributed by atoms with Crippen molar-refractivity contribution in [3.63, 3.8) is 0 Å². The zero-order valence-corrected chi connectivity index (χ0v) is 22.9.